The van der Waals surface area contributed by atoms with Crippen molar-refractivity contribution in [1.29, 1.82) is 0 Å². The zero-order valence-electron chi connectivity index (χ0n) is 14.0. The molecule has 0 aromatic heterocycles. The molecule has 0 saturated carbocycles. The summed E-state index contributed by atoms with van der Waals surface area (Å²) in [6.07, 6.45) is 0. The zero-order valence-corrected chi connectivity index (χ0v) is 14.0. The Morgan fingerprint density at radius 3 is 2.48 bits per heavy atom. The highest BCUT2D eigenvalue weighted by molar-refractivity contribution is 5.88. The van der Waals surface area contributed by atoms with E-state index in [1.54, 1.807) is 18.2 Å². The van der Waals surface area contributed by atoms with Crippen LogP contribution in [0.2, 0.25) is 0 Å². The van der Waals surface area contributed by atoms with Crippen LogP contribution in [0.1, 0.15) is 12.5 Å². The van der Waals surface area contributed by atoms with Gasteiger partial charge in [-0.1, -0.05) is 0 Å². The largest absolute Gasteiger partial charge is 0.496 e. The first kappa shape index (κ1) is 18.3. The minimum atomic E-state index is -0.372. The van der Waals surface area contributed by atoms with E-state index < -0.39 is 0 Å². The first-order valence-corrected chi connectivity index (χ1v) is 7.57. The average Bonchev–Trinajstić information content (AvgIpc) is 2.59. The maximum Gasteiger partial charge on any atom is 0.258 e. The number of nitrogens with one attached hydrogen (secondary N) is 2. The average molecular weight is 346 g/mol. The Bertz CT molecular complexity index is 747. The van der Waals surface area contributed by atoms with Gasteiger partial charge in [-0.05, 0) is 42.5 Å². The Labute approximate surface area is 144 Å². The molecule has 2 amide bonds. The fraction of sp³-hybridized carbons (Fsp3) is 0.222. The molecule has 0 saturated heterocycles. The lowest BCUT2D eigenvalue weighted by molar-refractivity contribution is -0.123. The highest BCUT2D eigenvalue weighted by atomic mass is 19.1. The van der Waals surface area contributed by atoms with Crippen LogP contribution in [0.25, 0.3) is 0 Å². The number of methoxy groups -OCH3 is 1. The van der Waals surface area contributed by atoms with Gasteiger partial charge < -0.3 is 20.1 Å². The smallest absolute Gasteiger partial charge is 0.258 e. The van der Waals surface area contributed by atoms with Crippen LogP contribution >= 0.6 is 0 Å². The number of hydrogen-bond donors (Lipinski definition) is 2. The molecular formula is C18H19FN2O4. The molecule has 0 spiro atoms. The van der Waals surface area contributed by atoms with Gasteiger partial charge in [0.2, 0.25) is 5.91 Å². The summed E-state index contributed by atoms with van der Waals surface area (Å²) in [5.74, 6) is 0.0998. The van der Waals surface area contributed by atoms with E-state index in [1.807, 2.05) is 0 Å². The molecule has 0 heterocycles. The first-order valence-electron chi connectivity index (χ1n) is 7.57. The van der Waals surface area contributed by atoms with Crippen LogP contribution in [-0.4, -0.2) is 25.5 Å². The predicted octanol–water partition coefficient (Wildman–Crippen LogP) is 2.49. The van der Waals surface area contributed by atoms with Crippen molar-refractivity contribution in [2.45, 2.75) is 13.5 Å². The van der Waals surface area contributed by atoms with E-state index in [2.05, 4.69) is 10.6 Å². The lowest BCUT2D eigenvalue weighted by Crippen LogP contribution is -2.28. The quantitative estimate of drug-likeness (QED) is 0.808. The van der Waals surface area contributed by atoms with Crippen LogP contribution in [0.15, 0.2) is 42.5 Å². The van der Waals surface area contributed by atoms with Crippen molar-refractivity contribution in [3.63, 3.8) is 0 Å². The summed E-state index contributed by atoms with van der Waals surface area (Å²) in [5.41, 5.74) is 1.32. The van der Waals surface area contributed by atoms with Crippen molar-refractivity contribution in [2.24, 2.45) is 0 Å². The van der Waals surface area contributed by atoms with Crippen LogP contribution < -0.4 is 20.1 Å². The summed E-state index contributed by atoms with van der Waals surface area (Å²) in [5, 5.41) is 5.38. The standard InChI is InChI=1S/C18H19FN2O4/c1-12(22)21-15-5-8-17(24-2)13(9-15)10-20-18(23)11-25-16-6-3-14(19)4-7-16/h3-9H,10-11H2,1-2H3,(H,20,23)(H,21,22). The number of anilines is 1. The second-order valence-corrected chi connectivity index (χ2v) is 5.23. The summed E-state index contributed by atoms with van der Waals surface area (Å²) in [6, 6.07) is 10.6. The topological polar surface area (TPSA) is 76.7 Å². The van der Waals surface area contributed by atoms with E-state index >= 15 is 0 Å². The van der Waals surface area contributed by atoms with Gasteiger partial charge in [-0.25, -0.2) is 4.39 Å². The van der Waals surface area contributed by atoms with E-state index in [0.29, 0.717) is 22.7 Å². The molecule has 0 unspecified atom stereocenters. The van der Waals surface area contributed by atoms with E-state index in [-0.39, 0.29) is 30.8 Å². The second-order valence-electron chi connectivity index (χ2n) is 5.23. The molecule has 25 heavy (non-hydrogen) atoms. The number of hydrogen-bond acceptors (Lipinski definition) is 4. The summed E-state index contributed by atoms with van der Waals surface area (Å²) in [7, 11) is 1.52. The molecule has 132 valence electrons. The molecule has 0 atom stereocenters. The van der Waals surface area contributed by atoms with E-state index in [4.69, 9.17) is 9.47 Å². The molecule has 2 rings (SSSR count). The van der Waals surface area contributed by atoms with Crippen molar-refractivity contribution in [3.8, 4) is 11.5 Å². The molecule has 0 bridgehead atoms. The molecule has 2 aromatic carbocycles. The second kappa shape index (κ2) is 8.68. The summed E-state index contributed by atoms with van der Waals surface area (Å²) in [6.45, 7) is 1.43. The van der Waals surface area contributed by atoms with Gasteiger partial charge in [0.05, 0.1) is 7.11 Å². The minimum Gasteiger partial charge on any atom is -0.496 e. The molecule has 0 aliphatic carbocycles. The molecule has 2 N–H and O–H groups in total. The number of ether oxygens (including phenoxy) is 2. The van der Waals surface area contributed by atoms with Gasteiger partial charge in [-0.15, -0.1) is 0 Å². The maximum absolute atomic E-state index is 12.8. The van der Waals surface area contributed by atoms with E-state index in [0.717, 1.165) is 0 Å². The van der Waals surface area contributed by atoms with Gasteiger partial charge in [-0.3, -0.25) is 9.59 Å². The van der Waals surface area contributed by atoms with Crippen molar-refractivity contribution in [1.82, 2.24) is 5.32 Å². The van der Waals surface area contributed by atoms with Gasteiger partial charge in [0.15, 0.2) is 6.61 Å². The Morgan fingerprint density at radius 2 is 1.84 bits per heavy atom. The highest BCUT2D eigenvalue weighted by Crippen LogP contribution is 2.22. The number of amides is 2. The Morgan fingerprint density at radius 1 is 1.12 bits per heavy atom. The number of halogens is 1. The monoisotopic (exact) mass is 346 g/mol. The zero-order chi connectivity index (χ0) is 18.2. The van der Waals surface area contributed by atoms with Gasteiger partial charge in [0, 0.05) is 24.7 Å². The van der Waals surface area contributed by atoms with Crippen molar-refractivity contribution in [3.05, 3.63) is 53.8 Å². The lowest BCUT2D eigenvalue weighted by Gasteiger charge is -2.12. The fourth-order valence-corrected chi connectivity index (χ4v) is 2.12. The van der Waals surface area contributed by atoms with Crippen molar-refractivity contribution >= 4 is 17.5 Å². The van der Waals surface area contributed by atoms with Crippen LogP contribution in [0.4, 0.5) is 10.1 Å². The molecular weight excluding hydrogens is 327 g/mol. The first-order chi connectivity index (χ1) is 12.0. The summed E-state index contributed by atoms with van der Waals surface area (Å²) < 4.78 is 23.3. The van der Waals surface area contributed by atoms with Crippen LogP contribution in [0, 0.1) is 5.82 Å². The molecule has 6 nitrogen and oxygen atoms in total. The molecule has 2 aromatic rings. The number of rotatable bonds is 7. The number of carbonyl (C=O) groups excluding carboxylic acids is 2. The minimum absolute atomic E-state index is 0.187. The van der Waals surface area contributed by atoms with E-state index in [9.17, 15) is 14.0 Å². The van der Waals surface area contributed by atoms with Crippen LogP contribution in [-0.2, 0) is 16.1 Å². The third-order valence-corrected chi connectivity index (χ3v) is 3.26. The molecule has 0 aliphatic heterocycles. The third kappa shape index (κ3) is 5.80. The summed E-state index contributed by atoms with van der Waals surface area (Å²) in [4.78, 5) is 23.0. The Kier molecular flexibility index (Phi) is 6.33. The molecule has 0 fully saturated rings. The van der Waals surface area contributed by atoms with Gasteiger partial charge in [0.1, 0.15) is 17.3 Å². The van der Waals surface area contributed by atoms with Gasteiger partial charge in [0.25, 0.3) is 5.91 Å². The number of benzene rings is 2. The van der Waals surface area contributed by atoms with Crippen LogP contribution in [0.5, 0.6) is 11.5 Å². The van der Waals surface area contributed by atoms with Gasteiger partial charge >= 0.3 is 0 Å². The predicted molar refractivity (Wildman–Crippen MR) is 91.0 cm³/mol. The van der Waals surface area contributed by atoms with Gasteiger partial charge in [-0.2, -0.15) is 0 Å². The van der Waals surface area contributed by atoms with Crippen LogP contribution in [0.3, 0.4) is 0 Å². The third-order valence-electron chi connectivity index (χ3n) is 3.26. The lowest BCUT2D eigenvalue weighted by atomic mass is 10.1. The Hall–Kier alpha value is -3.09. The highest BCUT2D eigenvalue weighted by Gasteiger charge is 2.08. The maximum atomic E-state index is 12.8. The number of carbonyl (C=O) groups is 2. The SMILES string of the molecule is COc1ccc(NC(C)=O)cc1CNC(=O)COc1ccc(F)cc1. The van der Waals surface area contributed by atoms with Crippen molar-refractivity contribution in [2.75, 3.05) is 19.0 Å². The Balaban J connectivity index is 1.91. The normalized spacial score (nSPS) is 10.0. The fourth-order valence-electron chi connectivity index (χ4n) is 2.12. The summed E-state index contributed by atoms with van der Waals surface area (Å²) >= 11 is 0. The molecule has 0 aliphatic rings. The molecule has 0 radical (unpaired) electrons. The van der Waals surface area contributed by atoms with E-state index in [1.165, 1.54) is 38.3 Å². The molecule has 7 heteroatoms. The van der Waals surface area contributed by atoms with Crippen molar-refractivity contribution < 1.29 is 23.5 Å².